The molecule has 0 fully saturated rings. The van der Waals surface area contributed by atoms with Crippen molar-refractivity contribution in [3.8, 4) is 17.3 Å². The molecule has 19 heavy (non-hydrogen) atoms. The summed E-state index contributed by atoms with van der Waals surface area (Å²) in [6.45, 7) is 0. The highest BCUT2D eigenvalue weighted by Gasteiger charge is 2.07. The predicted molar refractivity (Wildman–Crippen MR) is 76.9 cm³/mol. The number of pyridine rings is 1. The Morgan fingerprint density at radius 2 is 1.89 bits per heavy atom. The predicted octanol–water partition coefficient (Wildman–Crippen LogP) is 4.43. The molecule has 1 aromatic heterocycles. The van der Waals surface area contributed by atoms with Crippen LogP contribution in [0.4, 0.5) is 0 Å². The summed E-state index contributed by atoms with van der Waals surface area (Å²) >= 11 is 6.08. The normalized spacial score (nSPS) is 10.3. The van der Waals surface area contributed by atoms with Crippen LogP contribution in [0, 0.1) is 11.3 Å². The number of nitriles is 1. The molecule has 0 aliphatic rings. The molecule has 0 saturated heterocycles. The first kappa shape index (κ1) is 11.7. The third-order valence-corrected chi connectivity index (χ3v) is 3.35. The molecule has 0 bridgehead atoms. The Morgan fingerprint density at radius 3 is 2.68 bits per heavy atom. The van der Waals surface area contributed by atoms with Crippen molar-refractivity contribution in [1.82, 2.24) is 4.98 Å². The minimum atomic E-state index is 0.453. The minimum Gasteiger partial charge on any atom is -0.256 e. The zero-order valence-corrected chi connectivity index (χ0v) is 10.7. The van der Waals surface area contributed by atoms with Gasteiger partial charge in [0, 0.05) is 17.1 Å². The number of hydrogen-bond donors (Lipinski definition) is 0. The van der Waals surface area contributed by atoms with Crippen molar-refractivity contribution in [1.29, 1.82) is 5.26 Å². The van der Waals surface area contributed by atoms with Crippen LogP contribution >= 0.6 is 11.6 Å². The quantitative estimate of drug-likeness (QED) is 0.652. The maximum Gasteiger partial charge on any atom is 0.101 e. The van der Waals surface area contributed by atoms with Gasteiger partial charge in [-0.3, -0.25) is 4.98 Å². The molecular weight excluding hydrogens is 256 g/mol. The van der Waals surface area contributed by atoms with Crippen molar-refractivity contribution in [3.63, 3.8) is 0 Å². The maximum atomic E-state index is 8.90. The van der Waals surface area contributed by atoms with Gasteiger partial charge in [0.1, 0.15) is 6.07 Å². The van der Waals surface area contributed by atoms with Gasteiger partial charge in [-0.15, -0.1) is 0 Å². The molecule has 1 heterocycles. The second-order valence-electron chi connectivity index (χ2n) is 4.19. The van der Waals surface area contributed by atoms with E-state index in [4.69, 9.17) is 16.9 Å². The Labute approximate surface area is 115 Å². The van der Waals surface area contributed by atoms with Crippen LogP contribution in [-0.4, -0.2) is 4.98 Å². The summed E-state index contributed by atoms with van der Waals surface area (Å²) in [5.74, 6) is 0. The van der Waals surface area contributed by atoms with Gasteiger partial charge in [0.25, 0.3) is 0 Å². The van der Waals surface area contributed by atoms with E-state index in [1.165, 1.54) is 0 Å². The molecule has 3 heteroatoms. The van der Waals surface area contributed by atoms with Crippen molar-refractivity contribution in [2.24, 2.45) is 0 Å². The highest BCUT2D eigenvalue weighted by Crippen LogP contribution is 2.29. The largest absolute Gasteiger partial charge is 0.256 e. The van der Waals surface area contributed by atoms with E-state index in [0.717, 1.165) is 22.0 Å². The number of nitrogens with zero attached hydrogens (tertiary/aromatic N) is 2. The van der Waals surface area contributed by atoms with Gasteiger partial charge in [-0.1, -0.05) is 41.9 Å². The molecule has 0 amide bonds. The van der Waals surface area contributed by atoms with Crippen LogP contribution in [0.2, 0.25) is 5.02 Å². The number of benzene rings is 2. The second-order valence-corrected chi connectivity index (χ2v) is 4.59. The molecule has 0 unspecified atom stereocenters. The lowest BCUT2D eigenvalue weighted by atomic mass is 10.0. The van der Waals surface area contributed by atoms with E-state index < -0.39 is 0 Å². The van der Waals surface area contributed by atoms with Crippen molar-refractivity contribution in [3.05, 3.63) is 65.3 Å². The summed E-state index contributed by atoms with van der Waals surface area (Å²) in [4.78, 5) is 4.43. The van der Waals surface area contributed by atoms with Crippen LogP contribution in [0.15, 0.2) is 54.7 Å². The summed E-state index contributed by atoms with van der Waals surface area (Å²) in [5.41, 5.74) is 2.27. The Hall–Kier alpha value is -2.37. The highest BCUT2D eigenvalue weighted by atomic mass is 35.5. The van der Waals surface area contributed by atoms with E-state index in [1.807, 2.05) is 36.4 Å². The van der Waals surface area contributed by atoms with Gasteiger partial charge in [0.05, 0.1) is 16.3 Å². The van der Waals surface area contributed by atoms with Gasteiger partial charge in [-0.05, 0) is 23.6 Å². The standard InChI is InChI=1S/C16H9ClN2/c17-15-9-12(5-6-13(15)10-18)16-14-4-2-1-3-11(14)7-8-19-16/h1-9H. The molecule has 3 aromatic rings. The Morgan fingerprint density at radius 1 is 1.05 bits per heavy atom. The first-order valence-electron chi connectivity index (χ1n) is 5.83. The lowest BCUT2D eigenvalue weighted by molar-refractivity contribution is 1.35. The third-order valence-electron chi connectivity index (χ3n) is 3.04. The lowest BCUT2D eigenvalue weighted by Gasteiger charge is -2.06. The van der Waals surface area contributed by atoms with E-state index in [2.05, 4.69) is 11.1 Å². The number of rotatable bonds is 1. The zero-order chi connectivity index (χ0) is 13.2. The number of aromatic nitrogens is 1. The molecule has 0 aliphatic heterocycles. The maximum absolute atomic E-state index is 8.90. The fourth-order valence-corrected chi connectivity index (χ4v) is 2.33. The topological polar surface area (TPSA) is 36.7 Å². The average molecular weight is 265 g/mol. The van der Waals surface area contributed by atoms with Gasteiger partial charge in [-0.25, -0.2) is 0 Å². The van der Waals surface area contributed by atoms with Crippen LogP contribution in [0.25, 0.3) is 22.0 Å². The summed E-state index contributed by atoms with van der Waals surface area (Å²) in [6.07, 6.45) is 1.78. The van der Waals surface area contributed by atoms with Crippen LogP contribution in [-0.2, 0) is 0 Å². The first-order valence-corrected chi connectivity index (χ1v) is 6.21. The minimum absolute atomic E-state index is 0.453. The third kappa shape index (κ3) is 2.05. The fourth-order valence-electron chi connectivity index (χ4n) is 2.10. The molecule has 3 rings (SSSR count). The molecule has 0 aliphatic carbocycles. The number of halogens is 1. The first-order chi connectivity index (χ1) is 9.29. The number of hydrogen-bond acceptors (Lipinski definition) is 2. The van der Waals surface area contributed by atoms with Gasteiger partial charge in [-0.2, -0.15) is 5.26 Å². The Bertz CT molecular complexity index is 798. The van der Waals surface area contributed by atoms with Crippen LogP contribution < -0.4 is 0 Å². The van der Waals surface area contributed by atoms with Crippen molar-refractivity contribution < 1.29 is 0 Å². The smallest absolute Gasteiger partial charge is 0.101 e. The van der Waals surface area contributed by atoms with Gasteiger partial charge < -0.3 is 0 Å². The fraction of sp³-hybridized carbons (Fsp3) is 0. The lowest BCUT2D eigenvalue weighted by Crippen LogP contribution is -1.87. The highest BCUT2D eigenvalue weighted by molar-refractivity contribution is 6.32. The van der Waals surface area contributed by atoms with E-state index in [1.54, 1.807) is 18.3 Å². The number of fused-ring (bicyclic) bond motifs is 1. The Balaban J connectivity index is 2.25. The van der Waals surface area contributed by atoms with Crippen molar-refractivity contribution in [2.75, 3.05) is 0 Å². The van der Waals surface area contributed by atoms with Crippen molar-refractivity contribution in [2.45, 2.75) is 0 Å². The summed E-state index contributed by atoms with van der Waals surface area (Å²) < 4.78 is 0. The summed E-state index contributed by atoms with van der Waals surface area (Å²) in [6, 6.07) is 17.5. The van der Waals surface area contributed by atoms with Crippen LogP contribution in [0.1, 0.15) is 5.56 Å². The zero-order valence-electron chi connectivity index (χ0n) is 9.97. The average Bonchev–Trinajstić information content (AvgIpc) is 2.46. The van der Waals surface area contributed by atoms with Gasteiger partial charge in [0.15, 0.2) is 0 Å². The van der Waals surface area contributed by atoms with Crippen molar-refractivity contribution >= 4 is 22.4 Å². The summed E-state index contributed by atoms with van der Waals surface area (Å²) in [5, 5.41) is 11.6. The van der Waals surface area contributed by atoms with Crippen LogP contribution in [0.5, 0.6) is 0 Å². The van der Waals surface area contributed by atoms with E-state index >= 15 is 0 Å². The van der Waals surface area contributed by atoms with Gasteiger partial charge >= 0.3 is 0 Å². The molecule has 0 N–H and O–H groups in total. The molecule has 90 valence electrons. The monoisotopic (exact) mass is 264 g/mol. The summed E-state index contributed by atoms with van der Waals surface area (Å²) in [7, 11) is 0. The van der Waals surface area contributed by atoms with E-state index in [-0.39, 0.29) is 0 Å². The van der Waals surface area contributed by atoms with Gasteiger partial charge in [0.2, 0.25) is 0 Å². The molecule has 2 aromatic carbocycles. The molecule has 0 radical (unpaired) electrons. The molecule has 0 spiro atoms. The Kier molecular flexibility index (Phi) is 2.91. The second kappa shape index (κ2) is 4.72. The van der Waals surface area contributed by atoms with E-state index in [0.29, 0.717) is 10.6 Å². The molecule has 0 atom stereocenters. The molecule has 0 saturated carbocycles. The molecule has 2 nitrogen and oxygen atoms in total. The molecular formula is C16H9ClN2. The SMILES string of the molecule is N#Cc1ccc(-c2nccc3ccccc23)cc1Cl. The van der Waals surface area contributed by atoms with Crippen LogP contribution in [0.3, 0.4) is 0 Å². The van der Waals surface area contributed by atoms with E-state index in [9.17, 15) is 0 Å².